The molecular formula is C17H23FN2O3S. The van der Waals surface area contributed by atoms with E-state index in [1.165, 1.54) is 41.4 Å². The van der Waals surface area contributed by atoms with Crippen LogP contribution in [-0.2, 0) is 14.8 Å². The van der Waals surface area contributed by atoms with Crippen molar-refractivity contribution in [3.05, 3.63) is 30.1 Å². The average Bonchev–Trinajstić information content (AvgIpc) is 3.29. The molecule has 24 heavy (non-hydrogen) atoms. The fraction of sp³-hybridized carbons (Fsp3) is 0.647. The Bertz CT molecular complexity index is 695. The third kappa shape index (κ3) is 2.98. The number of halogens is 1. The summed E-state index contributed by atoms with van der Waals surface area (Å²) in [6.07, 6.45) is 4.03. The molecule has 1 aliphatic carbocycles. The van der Waals surface area contributed by atoms with Gasteiger partial charge in [-0.1, -0.05) is 0 Å². The zero-order valence-corrected chi connectivity index (χ0v) is 14.5. The lowest BCUT2D eigenvalue weighted by atomic mass is 10.0. The number of sulfonamides is 1. The van der Waals surface area contributed by atoms with Gasteiger partial charge in [-0.2, -0.15) is 4.31 Å². The van der Waals surface area contributed by atoms with Gasteiger partial charge in [-0.05, 0) is 43.0 Å². The highest BCUT2D eigenvalue weighted by atomic mass is 32.2. The molecule has 0 radical (unpaired) electrons. The van der Waals surface area contributed by atoms with E-state index in [1.807, 2.05) is 0 Å². The van der Waals surface area contributed by atoms with Crippen LogP contribution in [0.1, 0.15) is 25.7 Å². The second-order valence-corrected chi connectivity index (χ2v) is 8.93. The lowest BCUT2D eigenvalue weighted by molar-refractivity contribution is -0.0910. The molecule has 4 rings (SSSR count). The first-order valence-electron chi connectivity index (χ1n) is 8.64. The molecular weight excluding hydrogens is 331 g/mol. The largest absolute Gasteiger partial charge is 0.358 e. The Balaban J connectivity index is 1.53. The molecule has 3 fully saturated rings. The van der Waals surface area contributed by atoms with Gasteiger partial charge in [-0.3, -0.25) is 0 Å². The van der Waals surface area contributed by atoms with Gasteiger partial charge in [0, 0.05) is 39.0 Å². The number of hydrogen-bond acceptors (Lipinski definition) is 4. The van der Waals surface area contributed by atoms with Crippen LogP contribution in [0.2, 0.25) is 0 Å². The standard InChI is InChI=1S/C17H23FN2O3S/c18-15-3-5-16(6-4-15)24(21,22)20-11-12-23-17(20)7-9-19(10-8-17)13-14-1-2-14/h3-6,14H,1-2,7-13H2. The molecule has 7 heteroatoms. The monoisotopic (exact) mass is 354 g/mol. The minimum atomic E-state index is -3.67. The number of benzene rings is 1. The van der Waals surface area contributed by atoms with Gasteiger partial charge in [0.05, 0.1) is 11.5 Å². The van der Waals surface area contributed by atoms with Crippen molar-refractivity contribution in [1.29, 1.82) is 0 Å². The number of ether oxygens (including phenoxy) is 1. The van der Waals surface area contributed by atoms with E-state index in [4.69, 9.17) is 4.74 Å². The van der Waals surface area contributed by atoms with Crippen LogP contribution in [0.5, 0.6) is 0 Å². The van der Waals surface area contributed by atoms with Crippen molar-refractivity contribution in [2.45, 2.75) is 36.3 Å². The molecule has 2 saturated heterocycles. The molecule has 0 amide bonds. The molecule has 0 N–H and O–H groups in total. The molecule has 3 aliphatic rings. The summed E-state index contributed by atoms with van der Waals surface area (Å²) >= 11 is 0. The Labute approximate surface area is 142 Å². The highest BCUT2D eigenvalue weighted by Gasteiger charge is 2.50. The van der Waals surface area contributed by atoms with Gasteiger partial charge >= 0.3 is 0 Å². The summed E-state index contributed by atoms with van der Waals surface area (Å²) < 4.78 is 46.6. The van der Waals surface area contributed by atoms with Gasteiger partial charge in [-0.15, -0.1) is 0 Å². The fourth-order valence-corrected chi connectivity index (χ4v) is 5.53. The van der Waals surface area contributed by atoms with Crippen molar-refractivity contribution in [3.8, 4) is 0 Å². The number of nitrogens with zero attached hydrogens (tertiary/aromatic N) is 2. The van der Waals surface area contributed by atoms with Crippen LogP contribution in [0.15, 0.2) is 29.2 Å². The minimum Gasteiger partial charge on any atom is -0.358 e. The first-order chi connectivity index (χ1) is 11.5. The van der Waals surface area contributed by atoms with Crippen molar-refractivity contribution in [1.82, 2.24) is 9.21 Å². The molecule has 132 valence electrons. The third-order valence-corrected chi connectivity index (χ3v) is 7.34. The highest BCUT2D eigenvalue weighted by molar-refractivity contribution is 7.89. The first kappa shape index (κ1) is 16.4. The number of hydrogen-bond donors (Lipinski definition) is 0. The van der Waals surface area contributed by atoms with Crippen LogP contribution in [0.4, 0.5) is 4.39 Å². The normalized spacial score (nSPS) is 25.4. The zero-order chi connectivity index (χ0) is 16.8. The zero-order valence-electron chi connectivity index (χ0n) is 13.7. The summed E-state index contributed by atoms with van der Waals surface area (Å²) in [6.45, 7) is 3.64. The molecule has 1 saturated carbocycles. The highest BCUT2D eigenvalue weighted by Crippen LogP contribution is 2.39. The molecule has 0 bridgehead atoms. The Morgan fingerprint density at radius 1 is 1.12 bits per heavy atom. The van der Waals surface area contributed by atoms with Gasteiger partial charge < -0.3 is 9.64 Å². The van der Waals surface area contributed by atoms with Gasteiger partial charge in [-0.25, -0.2) is 12.8 Å². The maximum atomic E-state index is 13.1. The van der Waals surface area contributed by atoms with Crippen LogP contribution in [-0.4, -0.2) is 56.1 Å². The summed E-state index contributed by atoms with van der Waals surface area (Å²) in [5.74, 6) is 0.400. The topological polar surface area (TPSA) is 49.9 Å². The Morgan fingerprint density at radius 2 is 1.79 bits per heavy atom. The van der Waals surface area contributed by atoms with Crippen molar-refractivity contribution in [2.75, 3.05) is 32.8 Å². The van der Waals surface area contributed by atoms with Crippen LogP contribution in [0.3, 0.4) is 0 Å². The van der Waals surface area contributed by atoms with E-state index < -0.39 is 21.6 Å². The lowest BCUT2D eigenvalue weighted by Gasteiger charge is -2.42. The van der Waals surface area contributed by atoms with Gasteiger partial charge in [0.1, 0.15) is 11.5 Å². The molecule has 2 aliphatic heterocycles. The molecule has 1 spiro atoms. The summed E-state index contributed by atoms with van der Waals surface area (Å²) in [5, 5.41) is 0. The summed E-state index contributed by atoms with van der Waals surface area (Å²) in [4.78, 5) is 2.56. The molecule has 0 aromatic heterocycles. The molecule has 5 nitrogen and oxygen atoms in total. The molecule has 0 unspecified atom stereocenters. The Kier molecular flexibility index (Phi) is 4.15. The smallest absolute Gasteiger partial charge is 0.245 e. The SMILES string of the molecule is O=S(=O)(c1ccc(F)cc1)N1CCOC12CCN(CC1CC1)CC2. The van der Waals surface area contributed by atoms with Gasteiger partial charge in [0.25, 0.3) is 0 Å². The number of rotatable bonds is 4. The third-order valence-electron chi connectivity index (χ3n) is 5.37. The van der Waals surface area contributed by atoms with Crippen LogP contribution >= 0.6 is 0 Å². The van der Waals surface area contributed by atoms with Crippen molar-refractivity contribution >= 4 is 10.0 Å². The average molecular weight is 354 g/mol. The Morgan fingerprint density at radius 3 is 2.42 bits per heavy atom. The van der Waals surface area contributed by atoms with E-state index >= 15 is 0 Å². The first-order valence-corrected chi connectivity index (χ1v) is 10.1. The van der Waals surface area contributed by atoms with Crippen molar-refractivity contribution < 1.29 is 17.5 Å². The van der Waals surface area contributed by atoms with E-state index in [9.17, 15) is 12.8 Å². The molecule has 1 aromatic carbocycles. The molecule has 0 atom stereocenters. The molecule has 2 heterocycles. The summed E-state index contributed by atoms with van der Waals surface area (Å²) in [5.41, 5.74) is -0.729. The van der Waals surface area contributed by atoms with E-state index in [0.29, 0.717) is 26.0 Å². The maximum Gasteiger partial charge on any atom is 0.245 e. The van der Waals surface area contributed by atoms with Crippen molar-refractivity contribution in [3.63, 3.8) is 0 Å². The second kappa shape index (κ2) is 6.05. The van der Waals surface area contributed by atoms with Gasteiger partial charge in [0.15, 0.2) is 0 Å². The van der Waals surface area contributed by atoms with Crippen molar-refractivity contribution in [2.24, 2.45) is 5.92 Å². The predicted molar refractivity (Wildman–Crippen MR) is 87.4 cm³/mol. The predicted octanol–water partition coefficient (Wildman–Crippen LogP) is 2.05. The van der Waals surface area contributed by atoms with E-state index in [2.05, 4.69) is 4.90 Å². The summed E-state index contributed by atoms with van der Waals surface area (Å²) in [6, 6.07) is 5.04. The lowest BCUT2D eigenvalue weighted by Crippen LogP contribution is -2.55. The fourth-order valence-electron chi connectivity index (χ4n) is 3.81. The number of likely N-dealkylation sites (tertiary alicyclic amines) is 1. The summed E-state index contributed by atoms with van der Waals surface area (Å²) in [7, 11) is -3.67. The Hall–Kier alpha value is -1.02. The van der Waals surface area contributed by atoms with Gasteiger partial charge in [0.2, 0.25) is 10.0 Å². The number of piperidine rings is 1. The quantitative estimate of drug-likeness (QED) is 0.830. The van der Waals surface area contributed by atoms with E-state index in [0.717, 1.165) is 25.6 Å². The molecule has 1 aromatic rings. The maximum absolute atomic E-state index is 13.1. The second-order valence-electron chi connectivity index (χ2n) is 7.07. The van der Waals surface area contributed by atoms with E-state index in [-0.39, 0.29) is 4.90 Å². The van der Waals surface area contributed by atoms with E-state index in [1.54, 1.807) is 0 Å². The van der Waals surface area contributed by atoms with Crippen LogP contribution < -0.4 is 0 Å². The minimum absolute atomic E-state index is 0.134. The van der Waals surface area contributed by atoms with Crippen LogP contribution in [0, 0.1) is 11.7 Å². The van der Waals surface area contributed by atoms with Crippen LogP contribution in [0.25, 0.3) is 0 Å².